The average molecular weight is 239 g/mol. The first-order valence-corrected chi connectivity index (χ1v) is 6.37. The van der Waals surface area contributed by atoms with E-state index in [4.69, 9.17) is 15.0 Å². The molecule has 0 saturated carbocycles. The summed E-state index contributed by atoms with van der Waals surface area (Å²) in [6, 6.07) is 2.03. The van der Waals surface area contributed by atoms with Crippen molar-refractivity contribution < 1.29 is 9.31 Å². The van der Waals surface area contributed by atoms with Gasteiger partial charge in [-0.05, 0) is 44.7 Å². The second-order valence-electron chi connectivity index (χ2n) is 5.10. The first kappa shape index (κ1) is 12.1. The largest absolute Gasteiger partial charge is 0.505 e. The van der Waals surface area contributed by atoms with E-state index in [2.05, 4.69) is 27.7 Å². The normalized spacial score (nSPS) is 22.7. The van der Waals surface area contributed by atoms with Crippen LogP contribution in [0.15, 0.2) is 11.4 Å². The van der Waals surface area contributed by atoms with E-state index in [1.807, 2.05) is 11.4 Å². The first-order valence-electron chi connectivity index (χ1n) is 5.49. The van der Waals surface area contributed by atoms with Crippen molar-refractivity contribution in [3.8, 4) is 0 Å². The first-order chi connectivity index (χ1) is 7.37. The lowest BCUT2D eigenvalue weighted by Crippen LogP contribution is -2.41. The maximum Gasteiger partial charge on any atom is 0.505 e. The number of thiophene rings is 1. The molecule has 0 bridgehead atoms. The molecule has 1 aliphatic rings. The van der Waals surface area contributed by atoms with Crippen molar-refractivity contribution in [2.24, 2.45) is 5.73 Å². The van der Waals surface area contributed by atoms with Crippen molar-refractivity contribution in [2.75, 3.05) is 0 Å². The van der Waals surface area contributed by atoms with E-state index in [1.54, 1.807) is 11.3 Å². The Morgan fingerprint density at radius 2 is 1.81 bits per heavy atom. The molecule has 1 fully saturated rings. The third kappa shape index (κ3) is 1.82. The van der Waals surface area contributed by atoms with Gasteiger partial charge in [-0.1, -0.05) is 0 Å². The molecule has 2 rings (SSSR count). The van der Waals surface area contributed by atoms with E-state index in [9.17, 15) is 0 Å². The summed E-state index contributed by atoms with van der Waals surface area (Å²) < 4.78 is 13.1. The molecule has 0 spiro atoms. The lowest BCUT2D eigenvalue weighted by molar-refractivity contribution is 0.00578. The molecule has 1 aliphatic heterocycles. The van der Waals surface area contributed by atoms with Crippen LogP contribution < -0.4 is 10.5 Å². The van der Waals surface area contributed by atoms with Crippen molar-refractivity contribution in [1.82, 2.24) is 0 Å². The molecular weight excluding hydrogens is 221 g/mol. The zero-order chi connectivity index (χ0) is 12.0. The quantitative estimate of drug-likeness (QED) is 0.795. The highest BCUT2D eigenvalue weighted by atomic mass is 32.1. The van der Waals surface area contributed by atoms with Gasteiger partial charge in [-0.25, -0.2) is 0 Å². The summed E-state index contributed by atoms with van der Waals surface area (Å²) in [7, 11) is -0.274. The highest BCUT2D eigenvalue weighted by Crippen LogP contribution is 2.37. The molecule has 16 heavy (non-hydrogen) atoms. The van der Waals surface area contributed by atoms with Crippen LogP contribution in [0.3, 0.4) is 0 Å². The minimum Gasteiger partial charge on any atom is -0.399 e. The number of hydrogen-bond acceptors (Lipinski definition) is 4. The maximum atomic E-state index is 5.98. The van der Waals surface area contributed by atoms with Gasteiger partial charge in [-0.2, -0.15) is 11.3 Å². The van der Waals surface area contributed by atoms with Crippen LogP contribution in [0.25, 0.3) is 0 Å². The van der Waals surface area contributed by atoms with Crippen LogP contribution in [0.2, 0.25) is 0 Å². The fraction of sp³-hybridized carbons (Fsp3) is 0.636. The van der Waals surface area contributed by atoms with Crippen LogP contribution in [0, 0.1) is 0 Å². The lowest BCUT2D eigenvalue weighted by atomic mass is 9.85. The second kappa shape index (κ2) is 3.84. The highest BCUT2D eigenvalue weighted by Gasteiger charge is 2.52. The molecule has 1 aromatic heterocycles. The number of hydrogen-bond donors (Lipinski definition) is 1. The van der Waals surface area contributed by atoms with E-state index < -0.39 is 0 Å². The fourth-order valence-electron chi connectivity index (χ4n) is 1.67. The maximum absolute atomic E-state index is 5.98. The molecular formula is C11H18BNO2S. The topological polar surface area (TPSA) is 44.5 Å². The van der Waals surface area contributed by atoms with Crippen LogP contribution in [0.1, 0.15) is 33.3 Å². The second-order valence-corrected chi connectivity index (χ2v) is 6.05. The molecule has 0 unspecified atom stereocenters. The minimum absolute atomic E-state index is 0.274. The van der Waals surface area contributed by atoms with Crippen LogP contribution >= 0.6 is 11.3 Å². The van der Waals surface area contributed by atoms with Crippen LogP contribution in [0.4, 0.5) is 0 Å². The molecule has 0 aromatic carbocycles. The van der Waals surface area contributed by atoms with Crippen LogP contribution in [-0.4, -0.2) is 18.3 Å². The highest BCUT2D eigenvalue weighted by molar-refractivity contribution is 7.21. The molecule has 2 N–H and O–H groups in total. The van der Waals surface area contributed by atoms with Crippen molar-refractivity contribution in [1.29, 1.82) is 0 Å². The van der Waals surface area contributed by atoms with Gasteiger partial charge in [0.1, 0.15) is 0 Å². The summed E-state index contributed by atoms with van der Waals surface area (Å²) in [6.45, 7) is 8.76. The molecule has 1 aromatic rings. The Bertz CT molecular complexity index is 373. The van der Waals surface area contributed by atoms with Gasteiger partial charge in [0, 0.05) is 11.3 Å². The van der Waals surface area contributed by atoms with Gasteiger partial charge < -0.3 is 15.0 Å². The summed E-state index contributed by atoms with van der Waals surface area (Å²) in [4.78, 5) is 0. The van der Waals surface area contributed by atoms with E-state index >= 15 is 0 Å². The van der Waals surface area contributed by atoms with E-state index in [0.717, 1.165) is 10.3 Å². The Morgan fingerprint density at radius 3 is 2.31 bits per heavy atom. The van der Waals surface area contributed by atoms with Crippen LogP contribution in [0.5, 0.6) is 0 Å². The molecule has 3 nitrogen and oxygen atoms in total. The van der Waals surface area contributed by atoms with Crippen molar-refractivity contribution >= 4 is 23.2 Å². The molecule has 1 saturated heterocycles. The zero-order valence-electron chi connectivity index (χ0n) is 10.2. The molecule has 88 valence electrons. The van der Waals surface area contributed by atoms with E-state index in [1.165, 1.54) is 0 Å². The number of nitrogens with two attached hydrogens (primary N) is 1. The van der Waals surface area contributed by atoms with Gasteiger partial charge in [-0.15, -0.1) is 0 Å². The smallest absolute Gasteiger partial charge is 0.399 e. The molecule has 5 heteroatoms. The standard InChI is InChI=1S/C11H18BNO2S/c1-10(2)11(3,4)15-12(14-10)9-8(7-13)5-6-16-9/h5-6H,7,13H2,1-4H3. The summed E-state index contributed by atoms with van der Waals surface area (Å²) in [6.07, 6.45) is 0. The summed E-state index contributed by atoms with van der Waals surface area (Å²) >= 11 is 1.64. The van der Waals surface area contributed by atoms with E-state index in [0.29, 0.717) is 6.54 Å². The van der Waals surface area contributed by atoms with Crippen LogP contribution in [-0.2, 0) is 15.9 Å². The lowest BCUT2D eigenvalue weighted by Gasteiger charge is -2.32. The Kier molecular flexibility index (Phi) is 2.91. The Balaban J connectivity index is 2.27. The molecule has 0 atom stereocenters. The predicted octanol–water partition coefficient (Wildman–Crippen LogP) is 1.51. The van der Waals surface area contributed by atoms with Gasteiger partial charge in [-0.3, -0.25) is 0 Å². The molecule has 0 aliphatic carbocycles. The zero-order valence-corrected chi connectivity index (χ0v) is 11.1. The van der Waals surface area contributed by atoms with Crippen molar-refractivity contribution in [2.45, 2.75) is 45.4 Å². The average Bonchev–Trinajstić information content (AvgIpc) is 2.69. The third-order valence-corrected chi connectivity index (χ3v) is 4.45. The Labute approximate surface area is 101 Å². The van der Waals surface area contributed by atoms with E-state index in [-0.39, 0.29) is 18.3 Å². The van der Waals surface area contributed by atoms with Crippen molar-refractivity contribution in [3.63, 3.8) is 0 Å². The summed E-state index contributed by atoms with van der Waals surface area (Å²) in [5, 5.41) is 2.03. The molecule has 0 amide bonds. The Morgan fingerprint density at radius 1 is 1.25 bits per heavy atom. The van der Waals surface area contributed by atoms with Crippen molar-refractivity contribution in [3.05, 3.63) is 17.0 Å². The number of rotatable bonds is 2. The van der Waals surface area contributed by atoms with Gasteiger partial charge in [0.15, 0.2) is 0 Å². The Hall–Kier alpha value is -0.355. The van der Waals surface area contributed by atoms with Gasteiger partial charge in [0.25, 0.3) is 0 Å². The fourth-order valence-corrected chi connectivity index (χ4v) is 2.56. The molecule has 2 heterocycles. The monoisotopic (exact) mass is 239 g/mol. The summed E-state index contributed by atoms with van der Waals surface area (Å²) in [5.74, 6) is 0. The third-order valence-electron chi connectivity index (χ3n) is 3.47. The SMILES string of the molecule is CC1(C)OB(c2sccc2CN)OC1(C)C. The van der Waals surface area contributed by atoms with Gasteiger partial charge in [0.2, 0.25) is 0 Å². The minimum atomic E-state index is -0.284. The van der Waals surface area contributed by atoms with Gasteiger partial charge in [0.05, 0.1) is 11.2 Å². The predicted molar refractivity (Wildman–Crippen MR) is 67.9 cm³/mol. The summed E-state index contributed by atoms with van der Waals surface area (Å²) in [5.41, 5.74) is 6.24. The molecule has 0 radical (unpaired) electrons. The van der Waals surface area contributed by atoms with Gasteiger partial charge >= 0.3 is 7.12 Å².